The molecule has 5 nitrogen and oxygen atoms in total. The second kappa shape index (κ2) is 7.28. The van der Waals surface area contributed by atoms with Crippen molar-refractivity contribution in [3.8, 4) is 10.7 Å². The van der Waals surface area contributed by atoms with E-state index in [-0.39, 0.29) is 5.91 Å². The van der Waals surface area contributed by atoms with E-state index in [9.17, 15) is 4.79 Å². The highest BCUT2D eigenvalue weighted by Crippen LogP contribution is 2.27. The van der Waals surface area contributed by atoms with E-state index in [1.807, 2.05) is 17.5 Å². The summed E-state index contributed by atoms with van der Waals surface area (Å²) in [5.74, 6) is 1.38. The number of hydrogen-bond acceptors (Lipinski definition) is 5. The Morgan fingerprint density at radius 3 is 2.95 bits per heavy atom. The van der Waals surface area contributed by atoms with Crippen LogP contribution in [0.2, 0.25) is 0 Å². The fourth-order valence-corrected chi connectivity index (χ4v) is 4.27. The lowest BCUT2D eigenvalue weighted by Gasteiger charge is -2.11. The first-order chi connectivity index (χ1) is 10.8. The fourth-order valence-electron chi connectivity index (χ4n) is 2.74. The van der Waals surface area contributed by atoms with E-state index < -0.39 is 0 Å². The number of nitrogens with one attached hydrogen (secondary N) is 1. The lowest BCUT2D eigenvalue weighted by molar-refractivity contribution is -0.119. The topological polar surface area (TPSA) is 59.8 Å². The normalized spacial score (nSPS) is 15.3. The molecular weight excluding hydrogens is 316 g/mol. The molecular formula is C15H20N4OS2. The third-order valence-electron chi connectivity index (χ3n) is 3.83. The predicted octanol–water partition coefficient (Wildman–Crippen LogP) is 3.18. The van der Waals surface area contributed by atoms with Gasteiger partial charge in [0, 0.05) is 12.6 Å². The van der Waals surface area contributed by atoms with Crippen molar-refractivity contribution in [3.63, 3.8) is 0 Å². The number of carbonyl (C=O) groups excluding carboxylic acids is 1. The van der Waals surface area contributed by atoms with E-state index in [4.69, 9.17) is 0 Å². The van der Waals surface area contributed by atoms with Gasteiger partial charge in [0.1, 0.15) is 0 Å². The molecule has 22 heavy (non-hydrogen) atoms. The molecule has 1 amide bonds. The second-order valence-corrected chi connectivity index (χ2v) is 7.26. The van der Waals surface area contributed by atoms with E-state index in [1.54, 1.807) is 11.3 Å². The standard InChI is InChI=1S/C15H20N4OS2/c1-2-19-14(12-8-5-9-21-12)17-18-15(19)22-10-13(20)16-11-6-3-4-7-11/h5,8-9,11H,2-4,6-7,10H2,1H3,(H,16,20). The third kappa shape index (κ3) is 3.52. The van der Waals surface area contributed by atoms with Gasteiger partial charge in [0.15, 0.2) is 11.0 Å². The Morgan fingerprint density at radius 1 is 1.45 bits per heavy atom. The second-order valence-electron chi connectivity index (χ2n) is 5.37. The third-order valence-corrected chi connectivity index (χ3v) is 5.66. The van der Waals surface area contributed by atoms with Crippen molar-refractivity contribution in [1.29, 1.82) is 0 Å². The monoisotopic (exact) mass is 336 g/mol. The van der Waals surface area contributed by atoms with Crippen LogP contribution in [0, 0.1) is 0 Å². The minimum atomic E-state index is 0.0974. The maximum absolute atomic E-state index is 12.0. The number of amides is 1. The van der Waals surface area contributed by atoms with Crippen LogP contribution in [0.5, 0.6) is 0 Å². The van der Waals surface area contributed by atoms with Gasteiger partial charge >= 0.3 is 0 Å². The molecule has 1 saturated carbocycles. The smallest absolute Gasteiger partial charge is 0.230 e. The molecule has 118 valence electrons. The zero-order chi connectivity index (χ0) is 15.4. The summed E-state index contributed by atoms with van der Waals surface area (Å²) >= 11 is 3.12. The van der Waals surface area contributed by atoms with Crippen LogP contribution in [0.3, 0.4) is 0 Å². The lowest BCUT2D eigenvalue weighted by atomic mass is 10.2. The maximum Gasteiger partial charge on any atom is 0.230 e. The Bertz CT molecular complexity index is 618. The molecule has 1 aliphatic carbocycles. The van der Waals surface area contributed by atoms with Crippen molar-refractivity contribution in [1.82, 2.24) is 20.1 Å². The highest BCUT2D eigenvalue weighted by Gasteiger charge is 2.19. The van der Waals surface area contributed by atoms with E-state index in [0.717, 1.165) is 35.2 Å². The van der Waals surface area contributed by atoms with Gasteiger partial charge in [-0.15, -0.1) is 21.5 Å². The minimum absolute atomic E-state index is 0.0974. The Kier molecular flexibility index (Phi) is 5.15. The van der Waals surface area contributed by atoms with Crippen LogP contribution >= 0.6 is 23.1 Å². The van der Waals surface area contributed by atoms with Crippen molar-refractivity contribution < 1.29 is 4.79 Å². The molecule has 3 rings (SSSR count). The molecule has 2 aromatic heterocycles. The fraction of sp³-hybridized carbons (Fsp3) is 0.533. The minimum Gasteiger partial charge on any atom is -0.353 e. The summed E-state index contributed by atoms with van der Waals surface area (Å²) in [4.78, 5) is 13.1. The largest absolute Gasteiger partial charge is 0.353 e. The summed E-state index contributed by atoms with van der Waals surface area (Å²) in [5, 5.41) is 14.5. The summed E-state index contributed by atoms with van der Waals surface area (Å²) in [6.07, 6.45) is 4.69. The van der Waals surface area contributed by atoms with Crippen molar-refractivity contribution in [3.05, 3.63) is 17.5 Å². The Hall–Kier alpha value is -1.34. The molecule has 0 aromatic carbocycles. The molecule has 0 aliphatic heterocycles. The average Bonchev–Trinajstić information content (AvgIpc) is 3.25. The van der Waals surface area contributed by atoms with Crippen LogP contribution in [-0.4, -0.2) is 32.5 Å². The summed E-state index contributed by atoms with van der Waals surface area (Å²) in [7, 11) is 0. The van der Waals surface area contributed by atoms with Gasteiger partial charge in [-0.2, -0.15) is 0 Å². The zero-order valence-electron chi connectivity index (χ0n) is 12.6. The van der Waals surface area contributed by atoms with Gasteiger partial charge in [-0.3, -0.25) is 4.79 Å². The van der Waals surface area contributed by atoms with Gasteiger partial charge in [0.05, 0.1) is 10.6 Å². The number of carbonyl (C=O) groups is 1. The highest BCUT2D eigenvalue weighted by molar-refractivity contribution is 7.99. The summed E-state index contributed by atoms with van der Waals surface area (Å²) < 4.78 is 2.07. The number of aromatic nitrogens is 3. The first-order valence-electron chi connectivity index (χ1n) is 7.67. The average molecular weight is 336 g/mol. The van der Waals surface area contributed by atoms with Crippen molar-refractivity contribution in [2.24, 2.45) is 0 Å². The Labute approximate surface area is 138 Å². The number of thioether (sulfide) groups is 1. The Morgan fingerprint density at radius 2 is 2.27 bits per heavy atom. The summed E-state index contributed by atoms with van der Waals surface area (Å²) in [6.45, 7) is 2.87. The SMILES string of the molecule is CCn1c(SCC(=O)NC2CCCC2)nnc1-c1cccs1. The molecule has 1 fully saturated rings. The summed E-state index contributed by atoms with van der Waals surface area (Å²) in [6, 6.07) is 4.43. The van der Waals surface area contributed by atoms with Gasteiger partial charge in [-0.1, -0.05) is 30.7 Å². The molecule has 2 heterocycles. The van der Waals surface area contributed by atoms with Gasteiger partial charge in [-0.25, -0.2) is 0 Å². The quantitative estimate of drug-likeness (QED) is 0.823. The Balaban J connectivity index is 1.61. The molecule has 2 aromatic rings. The van der Waals surface area contributed by atoms with Crippen molar-refractivity contribution in [2.75, 3.05) is 5.75 Å². The van der Waals surface area contributed by atoms with Gasteiger partial charge in [0.2, 0.25) is 5.91 Å². The first-order valence-corrected chi connectivity index (χ1v) is 9.53. The molecule has 0 spiro atoms. The van der Waals surface area contributed by atoms with Crippen LogP contribution in [0.4, 0.5) is 0 Å². The molecule has 0 atom stereocenters. The van der Waals surface area contributed by atoms with Crippen LogP contribution in [0.15, 0.2) is 22.7 Å². The van der Waals surface area contributed by atoms with Crippen LogP contribution in [-0.2, 0) is 11.3 Å². The first kappa shape index (κ1) is 15.6. The van der Waals surface area contributed by atoms with E-state index in [2.05, 4.69) is 27.0 Å². The molecule has 0 bridgehead atoms. The predicted molar refractivity (Wildman–Crippen MR) is 90.1 cm³/mol. The molecule has 0 radical (unpaired) electrons. The molecule has 1 N–H and O–H groups in total. The van der Waals surface area contributed by atoms with E-state index >= 15 is 0 Å². The van der Waals surface area contributed by atoms with Gasteiger partial charge in [0.25, 0.3) is 0 Å². The summed E-state index contributed by atoms with van der Waals surface area (Å²) in [5.41, 5.74) is 0. The maximum atomic E-state index is 12.0. The number of hydrogen-bond donors (Lipinski definition) is 1. The highest BCUT2D eigenvalue weighted by atomic mass is 32.2. The van der Waals surface area contributed by atoms with Crippen LogP contribution < -0.4 is 5.32 Å². The van der Waals surface area contributed by atoms with Crippen molar-refractivity contribution in [2.45, 2.75) is 50.4 Å². The number of nitrogens with zero attached hydrogens (tertiary/aromatic N) is 3. The van der Waals surface area contributed by atoms with Gasteiger partial charge in [-0.05, 0) is 31.2 Å². The molecule has 0 saturated heterocycles. The van der Waals surface area contributed by atoms with Crippen LogP contribution in [0.1, 0.15) is 32.6 Å². The number of thiophene rings is 1. The van der Waals surface area contributed by atoms with Gasteiger partial charge < -0.3 is 9.88 Å². The number of rotatable bonds is 6. The van der Waals surface area contributed by atoms with E-state index in [1.165, 1.54) is 24.6 Å². The van der Waals surface area contributed by atoms with Crippen LogP contribution in [0.25, 0.3) is 10.7 Å². The van der Waals surface area contributed by atoms with E-state index in [0.29, 0.717) is 11.8 Å². The molecule has 0 unspecified atom stereocenters. The molecule has 1 aliphatic rings. The zero-order valence-corrected chi connectivity index (χ0v) is 14.3. The molecule has 7 heteroatoms. The lowest BCUT2D eigenvalue weighted by Crippen LogP contribution is -2.33. The van der Waals surface area contributed by atoms with Crippen molar-refractivity contribution >= 4 is 29.0 Å².